The fraction of sp³-hybridized carbons (Fsp3) is 0.333. The third-order valence-corrected chi connectivity index (χ3v) is 6.86. The molecule has 0 unspecified atom stereocenters. The number of rotatable bonds is 9. The number of amides is 1. The number of ether oxygens (including phenoxy) is 3. The monoisotopic (exact) mass is 479 g/mol. The Hall–Kier alpha value is -3.32. The SMILES string of the molecule is COC(=O)c1c(-c2ccc3c(c2)CCCC3)csc1NC(=O)CCCOc1ccc(OC)cc1. The van der Waals surface area contributed by atoms with Gasteiger partial charge in [0.05, 0.1) is 20.8 Å². The normalized spacial score (nSPS) is 12.5. The molecule has 1 heterocycles. The van der Waals surface area contributed by atoms with E-state index in [1.165, 1.54) is 42.4 Å². The van der Waals surface area contributed by atoms with E-state index >= 15 is 0 Å². The molecule has 0 spiro atoms. The lowest BCUT2D eigenvalue weighted by Crippen LogP contribution is -2.15. The Kier molecular flexibility index (Phi) is 7.85. The van der Waals surface area contributed by atoms with Crippen LogP contribution in [0.4, 0.5) is 5.00 Å². The molecule has 4 rings (SSSR count). The molecule has 3 aromatic rings. The van der Waals surface area contributed by atoms with Gasteiger partial charge in [0.15, 0.2) is 0 Å². The molecule has 0 atom stereocenters. The molecule has 7 heteroatoms. The fourth-order valence-corrected chi connectivity index (χ4v) is 5.13. The highest BCUT2D eigenvalue weighted by Gasteiger charge is 2.23. The van der Waals surface area contributed by atoms with Gasteiger partial charge in [0, 0.05) is 17.4 Å². The van der Waals surface area contributed by atoms with Crippen molar-refractivity contribution in [1.29, 1.82) is 0 Å². The van der Waals surface area contributed by atoms with Crippen LogP contribution < -0.4 is 14.8 Å². The van der Waals surface area contributed by atoms with Gasteiger partial charge in [0.2, 0.25) is 5.91 Å². The Morgan fingerprint density at radius 1 is 0.971 bits per heavy atom. The molecule has 34 heavy (non-hydrogen) atoms. The molecular weight excluding hydrogens is 450 g/mol. The first kappa shape index (κ1) is 23.8. The predicted molar refractivity (Wildman–Crippen MR) is 134 cm³/mol. The third kappa shape index (κ3) is 5.59. The number of fused-ring (bicyclic) bond motifs is 1. The second-order valence-corrected chi connectivity index (χ2v) is 9.09. The van der Waals surface area contributed by atoms with Gasteiger partial charge in [0.25, 0.3) is 0 Å². The maximum atomic E-state index is 12.6. The van der Waals surface area contributed by atoms with Crippen LogP contribution in [0, 0.1) is 0 Å². The van der Waals surface area contributed by atoms with Crippen LogP contribution in [-0.4, -0.2) is 32.7 Å². The minimum absolute atomic E-state index is 0.165. The molecule has 1 aliphatic carbocycles. The number of benzene rings is 2. The van der Waals surface area contributed by atoms with E-state index in [1.807, 2.05) is 29.6 Å². The van der Waals surface area contributed by atoms with E-state index in [0.717, 1.165) is 35.5 Å². The molecule has 0 saturated carbocycles. The number of hydrogen-bond acceptors (Lipinski definition) is 6. The second kappa shape index (κ2) is 11.2. The van der Waals surface area contributed by atoms with Crippen LogP contribution in [0.5, 0.6) is 11.5 Å². The Balaban J connectivity index is 1.40. The van der Waals surface area contributed by atoms with Crippen molar-refractivity contribution in [3.8, 4) is 22.6 Å². The number of carbonyl (C=O) groups is 2. The average Bonchev–Trinajstić information content (AvgIpc) is 3.29. The topological polar surface area (TPSA) is 73.9 Å². The lowest BCUT2D eigenvalue weighted by atomic mass is 9.89. The number of aryl methyl sites for hydroxylation is 2. The van der Waals surface area contributed by atoms with Crippen molar-refractivity contribution in [2.75, 3.05) is 26.1 Å². The highest BCUT2D eigenvalue weighted by Crippen LogP contribution is 2.38. The van der Waals surface area contributed by atoms with Gasteiger partial charge in [-0.3, -0.25) is 4.79 Å². The minimum atomic E-state index is -0.452. The van der Waals surface area contributed by atoms with Gasteiger partial charge < -0.3 is 19.5 Å². The number of thiophene rings is 1. The van der Waals surface area contributed by atoms with Crippen LogP contribution in [0.3, 0.4) is 0 Å². The number of nitrogens with one attached hydrogen (secondary N) is 1. The molecule has 1 N–H and O–H groups in total. The molecule has 2 aromatic carbocycles. The number of esters is 1. The number of carbonyl (C=O) groups excluding carboxylic acids is 2. The summed E-state index contributed by atoms with van der Waals surface area (Å²) in [6.45, 7) is 0.411. The zero-order chi connectivity index (χ0) is 23.9. The van der Waals surface area contributed by atoms with E-state index in [4.69, 9.17) is 14.2 Å². The maximum absolute atomic E-state index is 12.6. The summed E-state index contributed by atoms with van der Waals surface area (Å²) in [6.07, 6.45) is 5.40. The first-order valence-corrected chi connectivity index (χ1v) is 12.4. The van der Waals surface area contributed by atoms with Crippen molar-refractivity contribution in [2.24, 2.45) is 0 Å². The first-order chi connectivity index (χ1) is 16.6. The quantitative estimate of drug-likeness (QED) is 0.306. The smallest absolute Gasteiger partial charge is 0.341 e. The van der Waals surface area contributed by atoms with E-state index in [1.54, 1.807) is 7.11 Å². The molecule has 0 aliphatic heterocycles. The van der Waals surface area contributed by atoms with Crippen molar-refractivity contribution < 1.29 is 23.8 Å². The highest BCUT2D eigenvalue weighted by atomic mass is 32.1. The Bertz CT molecular complexity index is 1150. The van der Waals surface area contributed by atoms with Crippen LogP contribution in [-0.2, 0) is 22.4 Å². The van der Waals surface area contributed by atoms with Crippen molar-refractivity contribution in [2.45, 2.75) is 38.5 Å². The molecule has 1 aromatic heterocycles. The Labute approximate surface area is 203 Å². The summed E-state index contributed by atoms with van der Waals surface area (Å²) >= 11 is 1.34. The Morgan fingerprint density at radius 2 is 1.71 bits per heavy atom. The molecule has 0 bridgehead atoms. The molecule has 0 saturated heterocycles. The summed E-state index contributed by atoms with van der Waals surface area (Å²) in [5.74, 6) is 0.871. The predicted octanol–water partition coefficient (Wildman–Crippen LogP) is 5.89. The van der Waals surface area contributed by atoms with E-state index in [2.05, 4.69) is 23.5 Å². The van der Waals surface area contributed by atoms with Crippen molar-refractivity contribution in [3.05, 3.63) is 64.5 Å². The molecule has 6 nitrogen and oxygen atoms in total. The molecule has 1 aliphatic rings. The Morgan fingerprint density at radius 3 is 2.44 bits per heavy atom. The number of methoxy groups -OCH3 is 2. The van der Waals surface area contributed by atoms with Gasteiger partial charge >= 0.3 is 5.97 Å². The largest absolute Gasteiger partial charge is 0.497 e. The molecular formula is C27H29NO5S. The molecule has 178 valence electrons. The molecule has 0 radical (unpaired) electrons. The molecule has 0 fully saturated rings. The van der Waals surface area contributed by atoms with Crippen LogP contribution >= 0.6 is 11.3 Å². The summed E-state index contributed by atoms with van der Waals surface area (Å²) < 4.78 is 15.9. The van der Waals surface area contributed by atoms with E-state index in [-0.39, 0.29) is 12.3 Å². The summed E-state index contributed by atoms with van der Waals surface area (Å²) in [4.78, 5) is 25.2. The summed E-state index contributed by atoms with van der Waals surface area (Å²) in [7, 11) is 2.97. The average molecular weight is 480 g/mol. The van der Waals surface area contributed by atoms with Crippen LogP contribution in [0.2, 0.25) is 0 Å². The zero-order valence-electron chi connectivity index (χ0n) is 19.5. The van der Waals surface area contributed by atoms with Crippen molar-refractivity contribution >= 4 is 28.2 Å². The minimum Gasteiger partial charge on any atom is -0.497 e. The number of hydrogen-bond donors (Lipinski definition) is 1. The van der Waals surface area contributed by atoms with Gasteiger partial charge in [-0.1, -0.05) is 18.2 Å². The number of anilines is 1. The van der Waals surface area contributed by atoms with Gasteiger partial charge in [-0.15, -0.1) is 11.3 Å². The van der Waals surface area contributed by atoms with E-state index < -0.39 is 5.97 Å². The van der Waals surface area contributed by atoms with Crippen LogP contribution in [0.25, 0.3) is 11.1 Å². The van der Waals surface area contributed by atoms with Gasteiger partial charge in [-0.2, -0.15) is 0 Å². The standard InChI is InChI=1S/C27H29NO5S/c1-31-21-11-13-22(14-12-21)33-15-5-8-24(29)28-26-25(27(30)32-2)23(17-34-26)20-10-9-18-6-3-4-7-19(18)16-20/h9-14,16-17H,3-8,15H2,1-2H3,(H,28,29). The van der Waals surface area contributed by atoms with Crippen molar-refractivity contribution in [3.63, 3.8) is 0 Å². The van der Waals surface area contributed by atoms with Crippen molar-refractivity contribution in [1.82, 2.24) is 0 Å². The van der Waals surface area contributed by atoms with Gasteiger partial charge in [-0.25, -0.2) is 4.79 Å². The summed E-state index contributed by atoms with van der Waals surface area (Å²) in [5, 5.41) is 5.33. The lowest BCUT2D eigenvalue weighted by molar-refractivity contribution is -0.116. The molecule has 1 amide bonds. The van der Waals surface area contributed by atoms with E-state index in [9.17, 15) is 9.59 Å². The first-order valence-electron chi connectivity index (χ1n) is 11.5. The zero-order valence-corrected chi connectivity index (χ0v) is 20.3. The van der Waals surface area contributed by atoms with Gasteiger partial charge in [-0.05, 0) is 73.1 Å². The van der Waals surface area contributed by atoms with E-state index in [0.29, 0.717) is 23.6 Å². The highest BCUT2D eigenvalue weighted by molar-refractivity contribution is 7.15. The fourth-order valence-electron chi connectivity index (χ4n) is 4.15. The maximum Gasteiger partial charge on any atom is 0.341 e. The summed E-state index contributed by atoms with van der Waals surface area (Å²) in [6, 6.07) is 13.7. The van der Waals surface area contributed by atoms with Crippen LogP contribution in [0.15, 0.2) is 47.8 Å². The van der Waals surface area contributed by atoms with Crippen LogP contribution in [0.1, 0.15) is 47.2 Å². The lowest BCUT2D eigenvalue weighted by Gasteiger charge is -2.16. The third-order valence-electron chi connectivity index (χ3n) is 5.97. The second-order valence-electron chi connectivity index (χ2n) is 8.21. The van der Waals surface area contributed by atoms with Gasteiger partial charge in [0.1, 0.15) is 22.1 Å². The summed E-state index contributed by atoms with van der Waals surface area (Å²) in [5.41, 5.74) is 4.91.